The highest BCUT2D eigenvalue weighted by molar-refractivity contribution is 6.31. The lowest BCUT2D eigenvalue weighted by Gasteiger charge is -2.12. The van der Waals surface area contributed by atoms with E-state index in [0.717, 1.165) is 22.6 Å². The van der Waals surface area contributed by atoms with Crippen molar-refractivity contribution in [3.05, 3.63) is 65.2 Å². The maximum atomic E-state index is 6.14. The Labute approximate surface area is 128 Å². The lowest BCUT2D eigenvalue weighted by Crippen LogP contribution is -1.99. The predicted molar refractivity (Wildman–Crippen MR) is 82.3 cm³/mol. The monoisotopic (exact) mass is 302 g/mol. The van der Waals surface area contributed by atoms with E-state index in [1.165, 1.54) is 0 Å². The molecular weight excluding hydrogens is 288 g/mol. The van der Waals surface area contributed by atoms with E-state index in [2.05, 4.69) is 6.58 Å². The van der Waals surface area contributed by atoms with Crippen LogP contribution in [0.5, 0.6) is 17.2 Å². The largest absolute Gasteiger partial charge is 0.488 e. The fourth-order valence-corrected chi connectivity index (χ4v) is 2.38. The van der Waals surface area contributed by atoms with E-state index in [-0.39, 0.29) is 6.79 Å². The highest BCUT2D eigenvalue weighted by Gasteiger charge is 2.17. The summed E-state index contributed by atoms with van der Waals surface area (Å²) in [6.07, 6.45) is 2.54. The van der Waals surface area contributed by atoms with Crippen LogP contribution in [0.25, 0.3) is 0 Å². The van der Waals surface area contributed by atoms with Crippen molar-refractivity contribution < 1.29 is 14.2 Å². The van der Waals surface area contributed by atoms with Gasteiger partial charge in [-0.3, -0.25) is 0 Å². The van der Waals surface area contributed by atoms with Crippen LogP contribution in [-0.4, -0.2) is 6.79 Å². The van der Waals surface area contributed by atoms with Gasteiger partial charge in [-0.15, -0.1) is 6.58 Å². The Morgan fingerprint density at radius 1 is 1.14 bits per heavy atom. The Morgan fingerprint density at radius 3 is 2.67 bits per heavy atom. The van der Waals surface area contributed by atoms with Gasteiger partial charge in [0.25, 0.3) is 0 Å². The van der Waals surface area contributed by atoms with Gasteiger partial charge in [0.15, 0.2) is 11.5 Å². The van der Waals surface area contributed by atoms with Crippen molar-refractivity contribution >= 4 is 11.6 Å². The van der Waals surface area contributed by atoms with E-state index in [1.54, 1.807) is 0 Å². The zero-order chi connectivity index (χ0) is 14.7. The number of rotatable bonds is 5. The topological polar surface area (TPSA) is 27.7 Å². The number of ether oxygens (including phenoxy) is 3. The lowest BCUT2D eigenvalue weighted by atomic mass is 10.1. The molecule has 21 heavy (non-hydrogen) atoms. The first kappa shape index (κ1) is 13.8. The van der Waals surface area contributed by atoms with Gasteiger partial charge in [0.05, 0.1) is 0 Å². The van der Waals surface area contributed by atoms with Crippen LogP contribution < -0.4 is 14.2 Å². The molecule has 1 heterocycles. The second-order valence-corrected chi connectivity index (χ2v) is 5.09. The standard InChI is InChI=1S/C17H15ClO3/c1-2-5-12-8-16-17(21-11-20-16)9-15(12)19-10-13-6-3-4-7-14(13)18/h2-4,6-9H,1,5,10-11H2. The maximum Gasteiger partial charge on any atom is 0.231 e. The van der Waals surface area contributed by atoms with Crippen LogP contribution in [0.1, 0.15) is 11.1 Å². The van der Waals surface area contributed by atoms with E-state index in [0.29, 0.717) is 23.8 Å². The van der Waals surface area contributed by atoms with Crippen molar-refractivity contribution in [2.45, 2.75) is 13.0 Å². The van der Waals surface area contributed by atoms with E-state index >= 15 is 0 Å². The quantitative estimate of drug-likeness (QED) is 0.767. The van der Waals surface area contributed by atoms with E-state index in [4.69, 9.17) is 25.8 Å². The van der Waals surface area contributed by atoms with Gasteiger partial charge in [-0.25, -0.2) is 0 Å². The third-order valence-corrected chi connectivity index (χ3v) is 3.63. The predicted octanol–water partition coefficient (Wildman–Crippen LogP) is 4.38. The average Bonchev–Trinajstić information content (AvgIpc) is 2.94. The molecule has 2 aromatic rings. The lowest BCUT2D eigenvalue weighted by molar-refractivity contribution is 0.173. The third-order valence-electron chi connectivity index (χ3n) is 3.26. The molecule has 3 nitrogen and oxygen atoms in total. The third kappa shape index (κ3) is 2.98. The summed E-state index contributed by atoms with van der Waals surface area (Å²) in [5.74, 6) is 2.22. The molecule has 0 unspecified atom stereocenters. The molecule has 0 bridgehead atoms. The summed E-state index contributed by atoms with van der Waals surface area (Å²) in [5, 5.41) is 0.698. The molecule has 0 amide bonds. The molecule has 108 valence electrons. The van der Waals surface area contributed by atoms with Gasteiger partial charge in [-0.05, 0) is 18.6 Å². The van der Waals surface area contributed by atoms with Crippen LogP contribution in [0, 0.1) is 0 Å². The number of halogens is 1. The van der Waals surface area contributed by atoms with Crippen LogP contribution in [-0.2, 0) is 13.0 Å². The van der Waals surface area contributed by atoms with Gasteiger partial charge >= 0.3 is 0 Å². The summed E-state index contributed by atoms with van der Waals surface area (Å²) < 4.78 is 16.7. The van der Waals surface area contributed by atoms with Gasteiger partial charge in [0, 0.05) is 22.2 Å². The first-order valence-electron chi connectivity index (χ1n) is 6.67. The van der Waals surface area contributed by atoms with Gasteiger partial charge in [-0.2, -0.15) is 0 Å². The second-order valence-electron chi connectivity index (χ2n) is 4.69. The summed E-state index contributed by atoms with van der Waals surface area (Å²) in [4.78, 5) is 0. The smallest absolute Gasteiger partial charge is 0.231 e. The number of allylic oxidation sites excluding steroid dienone is 1. The molecule has 0 saturated carbocycles. The van der Waals surface area contributed by atoms with Crippen LogP contribution in [0.3, 0.4) is 0 Å². The fraction of sp³-hybridized carbons (Fsp3) is 0.176. The van der Waals surface area contributed by atoms with Crippen LogP contribution >= 0.6 is 11.6 Å². The first-order chi connectivity index (χ1) is 10.3. The Hall–Kier alpha value is -2.13. The molecule has 0 aromatic heterocycles. The minimum atomic E-state index is 0.247. The molecule has 3 rings (SSSR count). The van der Waals surface area contributed by atoms with Gasteiger partial charge < -0.3 is 14.2 Å². The minimum absolute atomic E-state index is 0.247. The highest BCUT2D eigenvalue weighted by Crippen LogP contribution is 2.38. The zero-order valence-corrected chi connectivity index (χ0v) is 12.2. The highest BCUT2D eigenvalue weighted by atomic mass is 35.5. The van der Waals surface area contributed by atoms with Crippen molar-refractivity contribution in [3.8, 4) is 17.2 Å². The molecule has 0 atom stereocenters. The molecular formula is C17H15ClO3. The maximum absolute atomic E-state index is 6.14. The summed E-state index contributed by atoms with van der Waals surface area (Å²) in [7, 11) is 0. The van der Waals surface area contributed by atoms with Gasteiger partial charge in [0.2, 0.25) is 6.79 Å². The summed E-state index contributed by atoms with van der Waals surface area (Å²) >= 11 is 6.14. The van der Waals surface area contributed by atoms with Crippen molar-refractivity contribution in [1.82, 2.24) is 0 Å². The van der Waals surface area contributed by atoms with Crippen molar-refractivity contribution in [3.63, 3.8) is 0 Å². The average molecular weight is 303 g/mol. The Morgan fingerprint density at radius 2 is 1.90 bits per heavy atom. The number of hydrogen-bond acceptors (Lipinski definition) is 3. The van der Waals surface area contributed by atoms with E-state index < -0.39 is 0 Å². The Balaban J connectivity index is 1.84. The Kier molecular flexibility index (Phi) is 4.02. The zero-order valence-electron chi connectivity index (χ0n) is 11.5. The molecule has 0 N–H and O–H groups in total. The molecule has 0 fully saturated rings. The van der Waals surface area contributed by atoms with Gasteiger partial charge in [-0.1, -0.05) is 35.9 Å². The minimum Gasteiger partial charge on any atom is -0.488 e. The number of benzene rings is 2. The SMILES string of the molecule is C=CCc1cc2c(cc1OCc1ccccc1Cl)OCO2. The molecule has 1 aliphatic rings. The molecule has 1 aliphatic heterocycles. The van der Waals surface area contributed by atoms with E-state index in [9.17, 15) is 0 Å². The van der Waals surface area contributed by atoms with Crippen molar-refractivity contribution in [2.24, 2.45) is 0 Å². The van der Waals surface area contributed by atoms with Crippen molar-refractivity contribution in [2.75, 3.05) is 6.79 Å². The first-order valence-corrected chi connectivity index (χ1v) is 7.05. The van der Waals surface area contributed by atoms with E-state index in [1.807, 2.05) is 42.5 Å². The summed E-state index contributed by atoms with van der Waals surface area (Å²) in [5.41, 5.74) is 1.96. The molecule has 2 aromatic carbocycles. The Bertz CT molecular complexity index is 667. The van der Waals surface area contributed by atoms with Gasteiger partial charge in [0.1, 0.15) is 12.4 Å². The second kappa shape index (κ2) is 6.10. The number of fused-ring (bicyclic) bond motifs is 1. The summed E-state index contributed by atoms with van der Waals surface area (Å²) in [6, 6.07) is 11.4. The molecule has 0 radical (unpaired) electrons. The van der Waals surface area contributed by atoms with Crippen LogP contribution in [0.15, 0.2) is 49.1 Å². The molecule has 4 heteroatoms. The van der Waals surface area contributed by atoms with Crippen molar-refractivity contribution in [1.29, 1.82) is 0 Å². The normalized spacial score (nSPS) is 12.2. The van der Waals surface area contributed by atoms with Crippen LogP contribution in [0.2, 0.25) is 5.02 Å². The fourth-order valence-electron chi connectivity index (χ4n) is 2.19. The van der Waals surface area contributed by atoms with Crippen LogP contribution in [0.4, 0.5) is 0 Å². The molecule has 0 aliphatic carbocycles. The molecule has 0 saturated heterocycles. The number of hydrogen-bond donors (Lipinski definition) is 0. The molecule has 0 spiro atoms. The summed E-state index contributed by atoms with van der Waals surface area (Å²) in [6.45, 7) is 4.43.